The fourth-order valence-electron chi connectivity index (χ4n) is 4.51. The lowest BCUT2D eigenvalue weighted by molar-refractivity contribution is 0.366. The molecular weight excluding hydrogens is 456 g/mol. The van der Waals surface area contributed by atoms with Gasteiger partial charge in [-0.1, -0.05) is 35.9 Å². The molecule has 3 aromatic carbocycles. The van der Waals surface area contributed by atoms with Gasteiger partial charge in [0.1, 0.15) is 34.5 Å². The molecule has 0 N–H and O–H groups in total. The van der Waals surface area contributed by atoms with Crippen molar-refractivity contribution < 1.29 is 28.4 Å². The van der Waals surface area contributed by atoms with Gasteiger partial charge in [0.05, 0.1) is 48.2 Å². The molecule has 0 aliphatic heterocycles. The Bertz CT molecular complexity index is 1150. The largest absolute Gasteiger partial charge is 0.496 e. The molecule has 0 radical (unpaired) electrons. The Kier molecular flexibility index (Phi) is 9.12. The van der Waals surface area contributed by atoms with Crippen molar-refractivity contribution in [3.05, 3.63) is 76.9 Å². The minimum absolute atomic E-state index is 0.0941. The van der Waals surface area contributed by atoms with Crippen LogP contribution in [0.1, 0.15) is 42.9 Å². The number of ether oxygens (including phenoxy) is 6. The Morgan fingerprint density at radius 3 is 1.44 bits per heavy atom. The highest BCUT2D eigenvalue weighted by Gasteiger charge is 2.28. The number of rotatable bonds is 11. The van der Waals surface area contributed by atoms with Crippen molar-refractivity contribution in [2.45, 2.75) is 26.2 Å². The zero-order chi connectivity index (χ0) is 26.2. The molecule has 0 aliphatic rings. The van der Waals surface area contributed by atoms with E-state index >= 15 is 0 Å². The van der Waals surface area contributed by atoms with Crippen LogP contribution in [0.25, 0.3) is 5.57 Å². The summed E-state index contributed by atoms with van der Waals surface area (Å²) < 4.78 is 34.3. The van der Waals surface area contributed by atoms with Crippen LogP contribution in [-0.4, -0.2) is 42.7 Å². The van der Waals surface area contributed by atoms with Gasteiger partial charge in [0.25, 0.3) is 0 Å². The molecule has 0 fully saturated rings. The van der Waals surface area contributed by atoms with Crippen LogP contribution in [0.2, 0.25) is 0 Å². The maximum absolute atomic E-state index is 5.86. The third kappa shape index (κ3) is 5.54. The summed E-state index contributed by atoms with van der Waals surface area (Å²) in [5, 5.41) is 0. The first-order valence-corrected chi connectivity index (χ1v) is 11.7. The van der Waals surface area contributed by atoms with E-state index in [1.807, 2.05) is 42.5 Å². The van der Waals surface area contributed by atoms with Gasteiger partial charge < -0.3 is 28.4 Å². The molecule has 3 aromatic rings. The van der Waals surface area contributed by atoms with Crippen LogP contribution in [0.5, 0.6) is 34.5 Å². The lowest BCUT2D eigenvalue weighted by Crippen LogP contribution is -2.09. The maximum atomic E-state index is 5.86. The zero-order valence-electron chi connectivity index (χ0n) is 22.4. The van der Waals surface area contributed by atoms with Crippen molar-refractivity contribution in [2.75, 3.05) is 42.7 Å². The number of benzene rings is 3. The van der Waals surface area contributed by atoms with Crippen LogP contribution in [0, 0.1) is 0 Å². The van der Waals surface area contributed by atoms with E-state index in [9.17, 15) is 0 Å². The van der Waals surface area contributed by atoms with Crippen LogP contribution >= 0.6 is 0 Å². The van der Waals surface area contributed by atoms with E-state index in [1.54, 1.807) is 42.7 Å². The Balaban J connectivity index is 2.29. The Morgan fingerprint density at radius 2 is 1.06 bits per heavy atom. The first-order chi connectivity index (χ1) is 17.4. The van der Waals surface area contributed by atoms with E-state index < -0.39 is 0 Å². The number of hydrogen-bond donors (Lipinski definition) is 0. The second-order valence-electron chi connectivity index (χ2n) is 8.50. The van der Waals surface area contributed by atoms with Crippen LogP contribution in [-0.2, 0) is 0 Å². The van der Waals surface area contributed by atoms with E-state index in [-0.39, 0.29) is 5.92 Å². The molecule has 192 valence electrons. The molecule has 1 atom stereocenters. The van der Waals surface area contributed by atoms with Gasteiger partial charge in [0, 0.05) is 35.7 Å². The maximum Gasteiger partial charge on any atom is 0.133 e. The van der Waals surface area contributed by atoms with Gasteiger partial charge in [-0.15, -0.1) is 0 Å². The summed E-state index contributed by atoms with van der Waals surface area (Å²) in [4.78, 5) is 0. The van der Waals surface area contributed by atoms with Crippen molar-refractivity contribution >= 4 is 5.57 Å². The van der Waals surface area contributed by atoms with E-state index in [0.717, 1.165) is 27.8 Å². The molecule has 1 unspecified atom stereocenters. The monoisotopic (exact) mass is 492 g/mol. The van der Waals surface area contributed by atoms with E-state index in [0.29, 0.717) is 40.9 Å². The molecule has 0 saturated heterocycles. The lowest BCUT2D eigenvalue weighted by Gasteiger charge is -2.27. The van der Waals surface area contributed by atoms with E-state index in [4.69, 9.17) is 28.4 Å². The van der Waals surface area contributed by atoms with Crippen LogP contribution in [0.3, 0.4) is 0 Å². The lowest BCUT2D eigenvalue weighted by atomic mass is 9.81. The van der Waals surface area contributed by atoms with Crippen molar-refractivity contribution in [1.29, 1.82) is 0 Å². The predicted octanol–water partition coefficient (Wildman–Crippen LogP) is 6.75. The average Bonchev–Trinajstić information content (AvgIpc) is 2.92. The first kappa shape index (κ1) is 26.8. The molecule has 3 rings (SSSR count). The summed E-state index contributed by atoms with van der Waals surface area (Å²) in [5.74, 6) is 4.00. The van der Waals surface area contributed by atoms with Crippen molar-refractivity contribution in [3.63, 3.8) is 0 Å². The molecule has 0 aromatic heterocycles. The molecule has 0 aliphatic carbocycles. The zero-order valence-corrected chi connectivity index (χ0v) is 22.4. The third-order valence-electron chi connectivity index (χ3n) is 6.33. The highest BCUT2D eigenvalue weighted by atomic mass is 16.5. The summed E-state index contributed by atoms with van der Waals surface area (Å²) >= 11 is 0. The van der Waals surface area contributed by atoms with Crippen molar-refractivity contribution in [2.24, 2.45) is 0 Å². The third-order valence-corrected chi connectivity index (χ3v) is 6.33. The van der Waals surface area contributed by atoms with E-state index in [1.165, 1.54) is 0 Å². The molecule has 6 nitrogen and oxygen atoms in total. The molecule has 0 saturated carbocycles. The summed E-state index contributed by atoms with van der Waals surface area (Å²) in [5.41, 5.74) is 5.21. The van der Waals surface area contributed by atoms with Crippen LogP contribution < -0.4 is 28.4 Å². The standard InChI is InChI=1S/C30H36O6/c1-19(2)23(29-25(33-5)14-21(31-3)15-26(29)34-6)18-24(20-12-10-9-11-13-20)30-27(35-7)16-22(32-4)17-28(30)36-8/h9-17,24H,18H2,1-8H3. The molecule has 0 heterocycles. The molecule has 0 spiro atoms. The van der Waals surface area contributed by atoms with Gasteiger partial charge in [0.15, 0.2) is 0 Å². The van der Waals surface area contributed by atoms with Crippen LogP contribution in [0.15, 0.2) is 60.2 Å². The second kappa shape index (κ2) is 12.2. The van der Waals surface area contributed by atoms with Crippen molar-refractivity contribution in [1.82, 2.24) is 0 Å². The first-order valence-electron chi connectivity index (χ1n) is 11.7. The topological polar surface area (TPSA) is 55.4 Å². The molecule has 6 heteroatoms. The highest BCUT2D eigenvalue weighted by Crippen LogP contribution is 2.49. The quantitative estimate of drug-likeness (QED) is 0.295. The molecular formula is C30H36O6. The SMILES string of the molecule is COc1cc(OC)c(C(CC(c2ccccc2)c2c(OC)cc(OC)cc2OC)=C(C)C)c(OC)c1. The van der Waals surface area contributed by atoms with Gasteiger partial charge in [-0.2, -0.15) is 0 Å². The normalized spacial score (nSPS) is 11.3. The summed E-state index contributed by atoms with van der Waals surface area (Å²) in [6.07, 6.45) is 0.643. The number of methoxy groups -OCH3 is 6. The fourth-order valence-corrected chi connectivity index (χ4v) is 4.51. The summed E-state index contributed by atoms with van der Waals surface area (Å²) in [6, 6.07) is 17.9. The summed E-state index contributed by atoms with van der Waals surface area (Å²) in [7, 11) is 9.90. The Labute approximate surface area is 214 Å². The van der Waals surface area contributed by atoms with E-state index in [2.05, 4.69) is 26.0 Å². The molecule has 0 bridgehead atoms. The van der Waals surface area contributed by atoms with Gasteiger partial charge in [-0.3, -0.25) is 0 Å². The smallest absolute Gasteiger partial charge is 0.133 e. The van der Waals surface area contributed by atoms with Crippen molar-refractivity contribution in [3.8, 4) is 34.5 Å². The minimum Gasteiger partial charge on any atom is -0.496 e. The average molecular weight is 493 g/mol. The molecule has 0 amide bonds. The number of hydrogen-bond acceptors (Lipinski definition) is 6. The van der Waals surface area contributed by atoms with Gasteiger partial charge in [-0.05, 0) is 31.4 Å². The van der Waals surface area contributed by atoms with Gasteiger partial charge in [-0.25, -0.2) is 0 Å². The molecule has 36 heavy (non-hydrogen) atoms. The fraction of sp³-hybridized carbons (Fsp3) is 0.333. The predicted molar refractivity (Wildman–Crippen MR) is 143 cm³/mol. The second-order valence-corrected chi connectivity index (χ2v) is 8.50. The summed E-state index contributed by atoms with van der Waals surface area (Å²) in [6.45, 7) is 4.20. The Morgan fingerprint density at radius 1 is 0.611 bits per heavy atom. The highest BCUT2D eigenvalue weighted by molar-refractivity contribution is 5.79. The minimum atomic E-state index is -0.0941. The van der Waals surface area contributed by atoms with Gasteiger partial charge in [0.2, 0.25) is 0 Å². The number of allylic oxidation sites excluding steroid dienone is 2. The Hall–Kier alpha value is -3.80. The van der Waals surface area contributed by atoms with Gasteiger partial charge >= 0.3 is 0 Å². The van der Waals surface area contributed by atoms with Crippen LogP contribution in [0.4, 0.5) is 0 Å².